The average molecular weight is 305 g/mol. The predicted molar refractivity (Wildman–Crippen MR) is 91.1 cm³/mol. The molecular weight excluding hydrogens is 290 g/mol. The Balaban J connectivity index is 2.11. The Kier molecular flexibility index (Phi) is 3.68. The zero-order valence-corrected chi connectivity index (χ0v) is 12.3. The number of primary amides is 1. The number of hydrogen-bond donors (Lipinski definition) is 3. The SMILES string of the molecule is C=CC(=O)Nc1cccc(-c2ccc(C(N)=O)c3[nH]ccc23)c1. The molecule has 0 unspecified atom stereocenters. The van der Waals surface area contributed by atoms with Crippen molar-refractivity contribution >= 4 is 28.4 Å². The van der Waals surface area contributed by atoms with E-state index in [2.05, 4.69) is 16.9 Å². The van der Waals surface area contributed by atoms with E-state index >= 15 is 0 Å². The van der Waals surface area contributed by atoms with E-state index in [9.17, 15) is 9.59 Å². The number of amides is 2. The Bertz CT molecular complexity index is 925. The number of fused-ring (bicyclic) bond motifs is 1. The maximum Gasteiger partial charge on any atom is 0.250 e. The normalized spacial score (nSPS) is 10.4. The molecule has 0 fully saturated rings. The summed E-state index contributed by atoms with van der Waals surface area (Å²) < 4.78 is 0. The molecule has 0 aliphatic carbocycles. The van der Waals surface area contributed by atoms with Crippen LogP contribution in [0.3, 0.4) is 0 Å². The lowest BCUT2D eigenvalue weighted by atomic mass is 9.98. The zero-order valence-electron chi connectivity index (χ0n) is 12.3. The maximum atomic E-state index is 11.5. The number of nitrogens with one attached hydrogen (secondary N) is 2. The fourth-order valence-corrected chi connectivity index (χ4v) is 2.57. The Morgan fingerprint density at radius 3 is 2.74 bits per heavy atom. The summed E-state index contributed by atoms with van der Waals surface area (Å²) in [7, 11) is 0. The molecule has 5 nitrogen and oxygen atoms in total. The van der Waals surface area contributed by atoms with Gasteiger partial charge in [-0.2, -0.15) is 0 Å². The van der Waals surface area contributed by atoms with Crippen molar-refractivity contribution in [2.24, 2.45) is 5.73 Å². The number of carbonyl (C=O) groups is 2. The highest BCUT2D eigenvalue weighted by molar-refractivity contribution is 6.09. The second-order valence-electron chi connectivity index (χ2n) is 5.07. The number of H-pyrrole nitrogens is 1. The van der Waals surface area contributed by atoms with Crippen LogP contribution in [-0.4, -0.2) is 16.8 Å². The first-order chi connectivity index (χ1) is 11.1. The third-order valence-electron chi connectivity index (χ3n) is 3.62. The van der Waals surface area contributed by atoms with E-state index in [-0.39, 0.29) is 5.91 Å². The largest absolute Gasteiger partial charge is 0.366 e. The number of benzene rings is 2. The van der Waals surface area contributed by atoms with Crippen molar-refractivity contribution in [2.75, 3.05) is 5.32 Å². The standard InChI is InChI=1S/C18H15N3O2/c1-2-16(22)21-12-5-3-4-11(10-12)13-6-7-15(18(19)23)17-14(13)8-9-20-17/h2-10,20H,1H2,(H2,19,23)(H,21,22). The molecule has 3 rings (SSSR count). The number of anilines is 1. The summed E-state index contributed by atoms with van der Waals surface area (Å²) in [5.41, 5.74) is 9.10. The highest BCUT2D eigenvalue weighted by Crippen LogP contribution is 2.31. The Morgan fingerprint density at radius 1 is 1.17 bits per heavy atom. The molecule has 3 aromatic rings. The molecular formula is C18H15N3O2. The van der Waals surface area contributed by atoms with Gasteiger partial charge in [0.1, 0.15) is 0 Å². The molecule has 0 saturated heterocycles. The molecule has 0 radical (unpaired) electrons. The first kappa shape index (κ1) is 14.6. The van der Waals surface area contributed by atoms with Gasteiger partial charge in [0.15, 0.2) is 0 Å². The Labute approximate surface area is 132 Å². The predicted octanol–water partition coefficient (Wildman–Crippen LogP) is 3.06. The minimum Gasteiger partial charge on any atom is -0.366 e. The van der Waals surface area contributed by atoms with Gasteiger partial charge >= 0.3 is 0 Å². The molecule has 1 heterocycles. The van der Waals surface area contributed by atoms with Gasteiger partial charge in [0.25, 0.3) is 5.91 Å². The smallest absolute Gasteiger partial charge is 0.250 e. The number of carbonyl (C=O) groups excluding carboxylic acids is 2. The second kappa shape index (κ2) is 5.81. The van der Waals surface area contributed by atoms with Crippen molar-refractivity contribution in [1.82, 2.24) is 4.98 Å². The van der Waals surface area contributed by atoms with Crippen LogP contribution in [0, 0.1) is 0 Å². The quantitative estimate of drug-likeness (QED) is 0.647. The number of rotatable bonds is 4. The van der Waals surface area contributed by atoms with Crippen molar-refractivity contribution in [3.63, 3.8) is 0 Å². The molecule has 0 bridgehead atoms. The van der Waals surface area contributed by atoms with Gasteiger partial charge in [-0.3, -0.25) is 9.59 Å². The summed E-state index contributed by atoms with van der Waals surface area (Å²) >= 11 is 0. The lowest BCUT2D eigenvalue weighted by Crippen LogP contribution is -2.11. The van der Waals surface area contributed by atoms with Crippen LogP contribution in [0.1, 0.15) is 10.4 Å². The van der Waals surface area contributed by atoms with Crippen molar-refractivity contribution in [3.05, 3.63) is 66.9 Å². The topological polar surface area (TPSA) is 88.0 Å². The van der Waals surface area contributed by atoms with E-state index in [1.165, 1.54) is 6.08 Å². The molecule has 114 valence electrons. The first-order valence-electron chi connectivity index (χ1n) is 7.04. The number of aromatic amines is 1. The molecule has 0 atom stereocenters. The summed E-state index contributed by atoms with van der Waals surface area (Å²) in [4.78, 5) is 26.0. The van der Waals surface area contributed by atoms with Crippen LogP contribution in [0.2, 0.25) is 0 Å². The summed E-state index contributed by atoms with van der Waals surface area (Å²) in [5, 5.41) is 3.63. The molecule has 0 saturated carbocycles. The van der Waals surface area contributed by atoms with Crippen LogP contribution in [0.4, 0.5) is 5.69 Å². The van der Waals surface area contributed by atoms with Crippen LogP contribution < -0.4 is 11.1 Å². The Morgan fingerprint density at radius 2 is 2.00 bits per heavy atom. The fraction of sp³-hybridized carbons (Fsp3) is 0. The van der Waals surface area contributed by atoms with E-state index in [0.29, 0.717) is 16.8 Å². The molecule has 2 amide bonds. The van der Waals surface area contributed by atoms with Crippen molar-refractivity contribution in [2.45, 2.75) is 0 Å². The van der Waals surface area contributed by atoms with Gasteiger partial charge in [0.2, 0.25) is 5.91 Å². The summed E-state index contributed by atoms with van der Waals surface area (Å²) in [6.07, 6.45) is 2.99. The van der Waals surface area contributed by atoms with Gasteiger partial charge in [-0.25, -0.2) is 0 Å². The third-order valence-corrected chi connectivity index (χ3v) is 3.62. The van der Waals surface area contributed by atoms with E-state index in [4.69, 9.17) is 5.73 Å². The minimum atomic E-state index is -0.476. The van der Waals surface area contributed by atoms with Gasteiger partial charge in [0, 0.05) is 17.3 Å². The van der Waals surface area contributed by atoms with Crippen LogP contribution in [0.25, 0.3) is 22.0 Å². The van der Waals surface area contributed by atoms with E-state index in [1.54, 1.807) is 18.3 Å². The van der Waals surface area contributed by atoms with Crippen LogP contribution in [-0.2, 0) is 4.79 Å². The van der Waals surface area contributed by atoms with E-state index in [1.807, 2.05) is 30.3 Å². The van der Waals surface area contributed by atoms with E-state index in [0.717, 1.165) is 16.5 Å². The second-order valence-corrected chi connectivity index (χ2v) is 5.07. The first-order valence-corrected chi connectivity index (χ1v) is 7.04. The fourth-order valence-electron chi connectivity index (χ4n) is 2.57. The maximum absolute atomic E-state index is 11.5. The molecule has 0 spiro atoms. The zero-order chi connectivity index (χ0) is 16.4. The minimum absolute atomic E-state index is 0.266. The molecule has 1 aromatic heterocycles. The van der Waals surface area contributed by atoms with Gasteiger partial charge in [-0.1, -0.05) is 24.8 Å². The lowest BCUT2D eigenvalue weighted by Gasteiger charge is -2.09. The number of hydrogen-bond acceptors (Lipinski definition) is 2. The number of aromatic nitrogens is 1. The van der Waals surface area contributed by atoms with Crippen molar-refractivity contribution in [3.8, 4) is 11.1 Å². The highest BCUT2D eigenvalue weighted by Gasteiger charge is 2.12. The molecule has 0 aliphatic rings. The monoisotopic (exact) mass is 305 g/mol. The molecule has 0 aliphatic heterocycles. The van der Waals surface area contributed by atoms with Crippen molar-refractivity contribution < 1.29 is 9.59 Å². The van der Waals surface area contributed by atoms with Crippen LogP contribution in [0.5, 0.6) is 0 Å². The average Bonchev–Trinajstić information content (AvgIpc) is 3.03. The van der Waals surface area contributed by atoms with Gasteiger partial charge in [-0.15, -0.1) is 0 Å². The highest BCUT2D eigenvalue weighted by atomic mass is 16.1. The Hall–Kier alpha value is -3.34. The van der Waals surface area contributed by atoms with E-state index < -0.39 is 5.91 Å². The van der Waals surface area contributed by atoms with Gasteiger partial charge in [0.05, 0.1) is 11.1 Å². The van der Waals surface area contributed by atoms with Gasteiger partial charge in [-0.05, 0) is 41.5 Å². The molecule has 4 N–H and O–H groups in total. The molecule has 2 aromatic carbocycles. The molecule has 23 heavy (non-hydrogen) atoms. The number of nitrogens with two attached hydrogens (primary N) is 1. The summed E-state index contributed by atoms with van der Waals surface area (Å²) in [6.45, 7) is 3.44. The third kappa shape index (κ3) is 2.72. The lowest BCUT2D eigenvalue weighted by molar-refractivity contribution is -0.111. The van der Waals surface area contributed by atoms with Crippen molar-refractivity contribution in [1.29, 1.82) is 0 Å². The molecule has 5 heteroatoms. The van der Waals surface area contributed by atoms with Gasteiger partial charge < -0.3 is 16.0 Å². The van der Waals surface area contributed by atoms with Crippen LogP contribution >= 0.6 is 0 Å². The summed E-state index contributed by atoms with van der Waals surface area (Å²) in [5.74, 6) is -0.742. The van der Waals surface area contributed by atoms with Crippen LogP contribution in [0.15, 0.2) is 61.3 Å². The summed E-state index contributed by atoms with van der Waals surface area (Å²) in [6, 6.07) is 12.9.